The molecule has 2 aromatic carbocycles. The van der Waals surface area contributed by atoms with Crippen LogP contribution in [-0.4, -0.2) is 48.9 Å². The number of benzene rings is 2. The minimum absolute atomic E-state index is 0.0228. The number of rotatable bonds is 7. The third kappa shape index (κ3) is 6.84. The lowest BCUT2D eigenvalue weighted by Gasteiger charge is -2.32. The van der Waals surface area contributed by atoms with Gasteiger partial charge in [-0.3, -0.25) is 14.4 Å². The van der Waals surface area contributed by atoms with Crippen molar-refractivity contribution in [2.24, 2.45) is 5.92 Å². The standard InChI is InChI=1S/C24H28N2O5/c1-17-6-8-21(9-7-17)30-16-23(28)26-12-10-19(11-13-26)15-25-24(29)20-4-3-5-22(14-20)31-18(2)27/h3-9,14,19H,10-13,15-16H2,1-2H3,(H,25,29). The Balaban J connectivity index is 1.39. The minimum Gasteiger partial charge on any atom is -0.484 e. The molecule has 31 heavy (non-hydrogen) atoms. The first-order valence-electron chi connectivity index (χ1n) is 10.4. The Kier molecular flexibility index (Phi) is 7.65. The van der Waals surface area contributed by atoms with Gasteiger partial charge >= 0.3 is 5.97 Å². The highest BCUT2D eigenvalue weighted by Gasteiger charge is 2.23. The van der Waals surface area contributed by atoms with Gasteiger partial charge in [0.2, 0.25) is 0 Å². The molecule has 0 unspecified atom stereocenters. The Morgan fingerprint density at radius 2 is 1.74 bits per heavy atom. The molecule has 7 heteroatoms. The van der Waals surface area contributed by atoms with Gasteiger partial charge in [-0.05, 0) is 56.0 Å². The summed E-state index contributed by atoms with van der Waals surface area (Å²) >= 11 is 0. The zero-order valence-corrected chi connectivity index (χ0v) is 17.9. The van der Waals surface area contributed by atoms with Crippen molar-refractivity contribution in [1.82, 2.24) is 10.2 Å². The summed E-state index contributed by atoms with van der Waals surface area (Å²) in [6, 6.07) is 14.2. The first-order valence-corrected chi connectivity index (χ1v) is 10.4. The van der Waals surface area contributed by atoms with Crippen molar-refractivity contribution in [3.63, 3.8) is 0 Å². The van der Waals surface area contributed by atoms with Gasteiger partial charge in [0, 0.05) is 32.1 Å². The number of likely N-dealkylation sites (tertiary alicyclic amines) is 1. The molecule has 1 N–H and O–H groups in total. The highest BCUT2D eigenvalue weighted by Crippen LogP contribution is 2.18. The molecule has 1 aliphatic rings. The third-order valence-corrected chi connectivity index (χ3v) is 5.26. The van der Waals surface area contributed by atoms with Crippen LogP contribution in [0.25, 0.3) is 0 Å². The van der Waals surface area contributed by atoms with Crippen LogP contribution in [0, 0.1) is 12.8 Å². The number of esters is 1. The summed E-state index contributed by atoms with van der Waals surface area (Å²) in [6.07, 6.45) is 1.65. The molecule has 0 radical (unpaired) electrons. The average Bonchev–Trinajstić information content (AvgIpc) is 2.77. The number of nitrogens with one attached hydrogen (secondary N) is 1. The van der Waals surface area contributed by atoms with E-state index < -0.39 is 5.97 Å². The molecular weight excluding hydrogens is 396 g/mol. The van der Waals surface area contributed by atoms with E-state index in [9.17, 15) is 14.4 Å². The lowest BCUT2D eigenvalue weighted by Crippen LogP contribution is -2.43. The second-order valence-electron chi connectivity index (χ2n) is 7.76. The van der Waals surface area contributed by atoms with Crippen LogP contribution < -0.4 is 14.8 Å². The first-order chi connectivity index (χ1) is 14.9. The van der Waals surface area contributed by atoms with Crippen molar-refractivity contribution >= 4 is 17.8 Å². The summed E-state index contributed by atoms with van der Waals surface area (Å²) in [6.45, 7) is 5.19. The molecular formula is C24H28N2O5. The molecule has 0 aromatic heterocycles. The van der Waals surface area contributed by atoms with Crippen LogP contribution >= 0.6 is 0 Å². The largest absolute Gasteiger partial charge is 0.484 e. The summed E-state index contributed by atoms with van der Waals surface area (Å²) in [7, 11) is 0. The van der Waals surface area contributed by atoms with E-state index in [-0.39, 0.29) is 18.4 Å². The Labute approximate surface area is 182 Å². The second kappa shape index (κ2) is 10.6. The number of hydrogen-bond donors (Lipinski definition) is 1. The highest BCUT2D eigenvalue weighted by molar-refractivity contribution is 5.94. The number of hydrogen-bond acceptors (Lipinski definition) is 5. The number of piperidine rings is 1. The fourth-order valence-electron chi connectivity index (χ4n) is 3.46. The van der Waals surface area contributed by atoms with Gasteiger partial charge in [-0.15, -0.1) is 0 Å². The van der Waals surface area contributed by atoms with Gasteiger partial charge in [0.1, 0.15) is 11.5 Å². The lowest BCUT2D eigenvalue weighted by molar-refractivity contribution is -0.135. The third-order valence-electron chi connectivity index (χ3n) is 5.26. The molecule has 0 saturated carbocycles. The summed E-state index contributed by atoms with van der Waals surface area (Å²) in [5, 5.41) is 2.94. The van der Waals surface area contributed by atoms with Gasteiger partial charge in [-0.2, -0.15) is 0 Å². The summed E-state index contributed by atoms with van der Waals surface area (Å²) in [4.78, 5) is 37.7. The predicted octanol–water partition coefficient (Wildman–Crippen LogP) is 2.97. The van der Waals surface area contributed by atoms with Crippen LogP contribution in [0.2, 0.25) is 0 Å². The smallest absolute Gasteiger partial charge is 0.308 e. The summed E-state index contributed by atoms with van der Waals surface area (Å²) in [5.41, 5.74) is 1.59. The van der Waals surface area contributed by atoms with Crippen LogP contribution in [0.3, 0.4) is 0 Å². The number of ether oxygens (including phenoxy) is 2. The zero-order valence-electron chi connectivity index (χ0n) is 17.9. The summed E-state index contributed by atoms with van der Waals surface area (Å²) < 4.78 is 10.6. The number of aryl methyl sites for hydroxylation is 1. The Morgan fingerprint density at radius 1 is 1.03 bits per heavy atom. The van der Waals surface area contributed by atoms with Crippen molar-refractivity contribution in [3.05, 3.63) is 59.7 Å². The van der Waals surface area contributed by atoms with E-state index >= 15 is 0 Å². The molecule has 1 heterocycles. The van der Waals surface area contributed by atoms with E-state index in [1.54, 1.807) is 24.3 Å². The lowest BCUT2D eigenvalue weighted by atomic mass is 9.96. The number of amides is 2. The van der Waals surface area contributed by atoms with E-state index in [1.165, 1.54) is 6.92 Å². The van der Waals surface area contributed by atoms with Crippen LogP contribution in [-0.2, 0) is 9.59 Å². The maximum absolute atomic E-state index is 12.4. The van der Waals surface area contributed by atoms with Gasteiger partial charge in [0.25, 0.3) is 11.8 Å². The minimum atomic E-state index is -0.428. The molecule has 0 atom stereocenters. The van der Waals surface area contributed by atoms with Crippen molar-refractivity contribution < 1.29 is 23.9 Å². The number of nitrogens with zero attached hydrogens (tertiary/aromatic N) is 1. The molecule has 1 fully saturated rings. The average molecular weight is 424 g/mol. The quantitative estimate of drug-likeness (QED) is 0.546. The van der Waals surface area contributed by atoms with E-state index in [0.29, 0.717) is 42.6 Å². The van der Waals surface area contributed by atoms with Gasteiger partial charge < -0.3 is 19.7 Å². The van der Waals surface area contributed by atoms with Gasteiger partial charge in [-0.1, -0.05) is 23.8 Å². The van der Waals surface area contributed by atoms with Crippen LogP contribution in [0.15, 0.2) is 48.5 Å². The number of carbonyl (C=O) groups is 3. The van der Waals surface area contributed by atoms with E-state index in [2.05, 4.69) is 5.32 Å². The van der Waals surface area contributed by atoms with Crippen LogP contribution in [0.1, 0.15) is 35.7 Å². The molecule has 3 rings (SSSR count). The van der Waals surface area contributed by atoms with E-state index in [1.807, 2.05) is 36.1 Å². The molecule has 1 aliphatic heterocycles. The molecule has 1 saturated heterocycles. The Morgan fingerprint density at radius 3 is 2.42 bits per heavy atom. The maximum Gasteiger partial charge on any atom is 0.308 e. The maximum atomic E-state index is 12.4. The van der Waals surface area contributed by atoms with Crippen LogP contribution in [0.5, 0.6) is 11.5 Å². The summed E-state index contributed by atoms with van der Waals surface area (Å²) in [5.74, 6) is 0.685. The molecule has 0 aliphatic carbocycles. The van der Waals surface area contributed by atoms with Crippen LogP contribution in [0.4, 0.5) is 0 Å². The second-order valence-corrected chi connectivity index (χ2v) is 7.76. The zero-order chi connectivity index (χ0) is 22.2. The molecule has 2 amide bonds. The SMILES string of the molecule is CC(=O)Oc1cccc(C(=O)NCC2CCN(C(=O)COc3ccc(C)cc3)CC2)c1. The topological polar surface area (TPSA) is 84.9 Å². The monoisotopic (exact) mass is 424 g/mol. The van der Waals surface area contributed by atoms with Gasteiger partial charge in [-0.25, -0.2) is 0 Å². The molecule has 164 valence electrons. The molecule has 0 bridgehead atoms. The van der Waals surface area contributed by atoms with Crippen molar-refractivity contribution in [2.75, 3.05) is 26.2 Å². The van der Waals surface area contributed by atoms with E-state index in [0.717, 1.165) is 18.4 Å². The molecule has 7 nitrogen and oxygen atoms in total. The van der Waals surface area contributed by atoms with Gasteiger partial charge in [0.15, 0.2) is 6.61 Å². The predicted molar refractivity (Wildman–Crippen MR) is 116 cm³/mol. The number of carbonyl (C=O) groups excluding carboxylic acids is 3. The van der Waals surface area contributed by atoms with Crippen molar-refractivity contribution in [3.8, 4) is 11.5 Å². The Hall–Kier alpha value is -3.35. The first kappa shape index (κ1) is 22.3. The fraction of sp³-hybridized carbons (Fsp3) is 0.375. The highest BCUT2D eigenvalue weighted by atomic mass is 16.5. The normalized spacial score (nSPS) is 14.1. The van der Waals surface area contributed by atoms with Crippen molar-refractivity contribution in [1.29, 1.82) is 0 Å². The Bertz CT molecular complexity index is 918. The van der Waals surface area contributed by atoms with Crippen molar-refractivity contribution in [2.45, 2.75) is 26.7 Å². The van der Waals surface area contributed by atoms with Gasteiger partial charge in [0.05, 0.1) is 0 Å². The molecule has 0 spiro atoms. The fourth-order valence-corrected chi connectivity index (χ4v) is 3.46. The molecule has 2 aromatic rings. The van der Waals surface area contributed by atoms with E-state index in [4.69, 9.17) is 9.47 Å².